The van der Waals surface area contributed by atoms with Gasteiger partial charge >= 0.3 is 0 Å². The number of para-hydroxylation sites is 2. The fraction of sp³-hybridized carbons (Fsp3) is 0.227. The fourth-order valence-electron chi connectivity index (χ4n) is 7.07. The second-order valence-electron chi connectivity index (χ2n) is 14.6. The van der Waals surface area contributed by atoms with Crippen LogP contribution in [0.2, 0.25) is 19.6 Å². The van der Waals surface area contributed by atoms with Crippen LogP contribution in [0.25, 0.3) is 60.6 Å². The van der Waals surface area contributed by atoms with Crippen LogP contribution in [-0.2, 0) is 26.5 Å². The molecular formula is C44H43IrN3Si-2. The molecule has 4 heterocycles. The molecule has 0 fully saturated rings. The van der Waals surface area contributed by atoms with E-state index < -0.39 is 8.07 Å². The molecule has 4 aromatic carbocycles. The Hall–Kier alpha value is -4.15. The molecule has 249 valence electrons. The minimum Gasteiger partial charge on any atom is -0.348 e. The Bertz CT molecular complexity index is 2320. The first kappa shape index (κ1) is 34.7. The molecule has 0 spiro atoms. The molecular weight excluding hydrogens is 791 g/mol. The molecule has 0 unspecified atom stereocenters. The fourth-order valence-corrected chi connectivity index (χ4v) is 8.66. The van der Waals surface area contributed by atoms with E-state index in [9.17, 15) is 0 Å². The Morgan fingerprint density at radius 3 is 2.14 bits per heavy atom. The molecule has 0 saturated carbocycles. The summed E-state index contributed by atoms with van der Waals surface area (Å²) in [4.78, 5) is 9.26. The SMILES string of the molecule is CC(C)Cc1cc(-c2[c-]c3c4cccc5c6ccccc6n(c3c(C(C)C)c2)c45)ncc1[Si](C)(C)C.[Ir].[c-]1ccccc1-c1ccccn1. The maximum atomic E-state index is 5.04. The number of fused-ring (bicyclic) bond motifs is 6. The van der Waals surface area contributed by atoms with Crippen molar-refractivity contribution in [1.29, 1.82) is 0 Å². The number of pyridine rings is 2. The monoisotopic (exact) mass is 834 g/mol. The first-order valence-electron chi connectivity index (χ1n) is 17.1. The zero-order valence-corrected chi connectivity index (χ0v) is 32.8. The summed E-state index contributed by atoms with van der Waals surface area (Å²) >= 11 is 0. The van der Waals surface area contributed by atoms with E-state index in [-0.39, 0.29) is 20.1 Å². The Morgan fingerprint density at radius 2 is 1.45 bits per heavy atom. The zero-order valence-electron chi connectivity index (χ0n) is 29.4. The van der Waals surface area contributed by atoms with Crippen LogP contribution in [0.1, 0.15) is 44.7 Å². The Balaban J connectivity index is 0.000000270. The number of hydrogen-bond acceptors (Lipinski definition) is 2. The van der Waals surface area contributed by atoms with Gasteiger partial charge in [0, 0.05) is 60.0 Å². The minimum atomic E-state index is -1.48. The van der Waals surface area contributed by atoms with Gasteiger partial charge in [-0.15, -0.1) is 48.0 Å². The van der Waals surface area contributed by atoms with Crippen molar-refractivity contribution >= 4 is 51.4 Å². The maximum Gasteiger partial charge on any atom is 0.0799 e. The van der Waals surface area contributed by atoms with Gasteiger partial charge in [-0.1, -0.05) is 129 Å². The van der Waals surface area contributed by atoms with Gasteiger partial charge in [-0.05, 0) is 46.8 Å². The topological polar surface area (TPSA) is 30.2 Å². The van der Waals surface area contributed by atoms with Crippen LogP contribution in [-0.4, -0.2) is 22.4 Å². The summed E-state index contributed by atoms with van der Waals surface area (Å²) in [7, 11) is -1.48. The van der Waals surface area contributed by atoms with Gasteiger partial charge in [0.15, 0.2) is 0 Å². The molecule has 4 aromatic heterocycles. The van der Waals surface area contributed by atoms with Crippen molar-refractivity contribution < 1.29 is 20.1 Å². The van der Waals surface area contributed by atoms with E-state index in [2.05, 4.69) is 130 Å². The number of nitrogens with zero attached hydrogens (tertiary/aromatic N) is 3. The average Bonchev–Trinajstić information content (AvgIpc) is 3.60. The molecule has 3 nitrogen and oxygen atoms in total. The average molecular weight is 834 g/mol. The van der Waals surface area contributed by atoms with Crippen molar-refractivity contribution in [3.8, 4) is 22.5 Å². The van der Waals surface area contributed by atoms with Gasteiger partial charge in [-0.3, -0.25) is 4.98 Å². The third kappa shape index (κ3) is 6.60. The van der Waals surface area contributed by atoms with Crippen molar-refractivity contribution in [2.24, 2.45) is 5.92 Å². The van der Waals surface area contributed by atoms with Gasteiger partial charge in [0.2, 0.25) is 0 Å². The largest absolute Gasteiger partial charge is 0.348 e. The quantitative estimate of drug-likeness (QED) is 0.123. The molecule has 0 saturated heterocycles. The molecule has 0 aliphatic rings. The van der Waals surface area contributed by atoms with Gasteiger partial charge in [-0.2, -0.15) is 0 Å². The third-order valence-electron chi connectivity index (χ3n) is 9.23. The molecule has 0 aliphatic heterocycles. The van der Waals surface area contributed by atoms with Crippen LogP contribution in [0.4, 0.5) is 0 Å². The molecule has 8 rings (SSSR count). The molecule has 0 amide bonds. The van der Waals surface area contributed by atoms with Gasteiger partial charge in [0.05, 0.1) is 8.07 Å². The molecule has 5 heteroatoms. The smallest absolute Gasteiger partial charge is 0.0799 e. The first-order valence-corrected chi connectivity index (χ1v) is 20.6. The second-order valence-corrected chi connectivity index (χ2v) is 19.7. The van der Waals surface area contributed by atoms with Crippen LogP contribution >= 0.6 is 0 Å². The summed E-state index contributed by atoms with van der Waals surface area (Å²) in [6, 6.07) is 40.9. The summed E-state index contributed by atoms with van der Waals surface area (Å²) in [5, 5.41) is 6.62. The normalized spacial score (nSPS) is 11.9. The van der Waals surface area contributed by atoms with Crippen molar-refractivity contribution in [2.75, 3.05) is 0 Å². The van der Waals surface area contributed by atoms with E-state index in [1.807, 2.05) is 42.5 Å². The van der Waals surface area contributed by atoms with Gasteiger partial charge in [0.25, 0.3) is 0 Å². The van der Waals surface area contributed by atoms with E-state index in [4.69, 9.17) is 4.98 Å². The summed E-state index contributed by atoms with van der Waals surface area (Å²) < 4.78 is 2.48. The Labute approximate surface area is 305 Å². The predicted octanol–water partition coefficient (Wildman–Crippen LogP) is 11.1. The summed E-state index contributed by atoms with van der Waals surface area (Å²) in [6.07, 6.45) is 5.05. The molecule has 0 atom stereocenters. The van der Waals surface area contributed by atoms with Crippen molar-refractivity contribution in [1.82, 2.24) is 14.4 Å². The molecule has 0 N–H and O–H groups in total. The summed E-state index contributed by atoms with van der Waals surface area (Å²) in [6.45, 7) is 16.5. The standard InChI is InChI=1S/C33H35N2Si.C11H8N.Ir/c1-20(2)15-23-18-29(34-19-31(23)36(5,6)7)22-16-27(21(3)4)33-28(17-22)26-13-10-12-25-24-11-8-9-14-30(24)35(33)32(25)26;1-2-6-10(7-3-1)11-8-4-5-9-12-11;/h8-14,16,18-21H,15H2,1-7H3;1-6,8-9H;/q2*-1;. The Kier molecular flexibility index (Phi) is 9.91. The number of aromatic nitrogens is 3. The molecule has 0 aliphatic carbocycles. The van der Waals surface area contributed by atoms with E-state index in [0.29, 0.717) is 11.8 Å². The van der Waals surface area contributed by atoms with E-state index in [1.165, 1.54) is 54.4 Å². The Morgan fingerprint density at radius 1 is 0.714 bits per heavy atom. The van der Waals surface area contributed by atoms with Crippen LogP contribution < -0.4 is 5.19 Å². The third-order valence-corrected chi connectivity index (χ3v) is 11.3. The van der Waals surface area contributed by atoms with Crippen LogP contribution in [0.5, 0.6) is 0 Å². The van der Waals surface area contributed by atoms with E-state index in [0.717, 1.165) is 28.9 Å². The van der Waals surface area contributed by atoms with Crippen LogP contribution in [0.15, 0.2) is 109 Å². The van der Waals surface area contributed by atoms with Crippen LogP contribution in [0.3, 0.4) is 0 Å². The molecule has 8 aromatic rings. The van der Waals surface area contributed by atoms with Crippen molar-refractivity contribution in [2.45, 2.75) is 59.7 Å². The van der Waals surface area contributed by atoms with E-state index in [1.54, 1.807) is 6.20 Å². The van der Waals surface area contributed by atoms with Crippen LogP contribution in [0, 0.1) is 18.1 Å². The van der Waals surface area contributed by atoms with Gasteiger partial charge in [-0.25, -0.2) is 0 Å². The first-order chi connectivity index (χ1) is 23.1. The molecule has 1 radical (unpaired) electrons. The predicted molar refractivity (Wildman–Crippen MR) is 207 cm³/mol. The number of hydrogen-bond donors (Lipinski definition) is 0. The van der Waals surface area contributed by atoms with Crippen molar-refractivity contribution in [3.05, 3.63) is 133 Å². The van der Waals surface area contributed by atoms with Gasteiger partial charge < -0.3 is 9.38 Å². The molecule has 49 heavy (non-hydrogen) atoms. The second kappa shape index (κ2) is 14.0. The van der Waals surface area contributed by atoms with Crippen molar-refractivity contribution in [3.63, 3.8) is 0 Å². The molecule has 0 bridgehead atoms. The summed E-state index contributed by atoms with van der Waals surface area (Å²) in [5.74, 6) is 0.997. The summed E-state index contributed by atoms with van der Waals surface area (Å²) in [5.41, 5.74) is 10.9. The zero-order chi connectivity index (χ0) is 33.6. The number of benzene rings is 4. The van der Waals surface area contributed by atoms with Gasteiger partial charge in [0.1, 0.15) is 0 Å². The number of rotatable bonds is 6. The minimum absolute atomic E-state index is 0. The maximum absolute atomic E-state index is 5.04. The van der Waals surface area contributed by atoms with E-state index >= 15 is 0 Å².